The van der Waals surface area contributed by atoms with Gasteiger partial charge in [-0.2, -0.15) is 0 Å². The van der Waals surface area contributed by atoms with Crippen LogP contribution in [0.4, 0.5) is 10.1 Å². The fourth-order valence-corrected chi connectivity index (χ4v) is 1.61. The van der Waals surface area contributed by atoms with Gasteiger partial charge >= 0.3 is 0 Å². The molecule has 2 rings (SSSR count). The summed E-state index contributed by atoms with van der Waals surface area (Å²) in [6, 6.07) is 11.3. The predicted molar refractivity (Wildman–Crippen MR) is 68.4 cm³/mol. The molecule has 18 heavy (non-hydrogen) atoms. The van der Waals surface area contributed by atoms with Crippen molar-refractivity contribution in [2.75, 3.05) is 12.4 Å². The van der Waals surface area contributed by atoms with Gasteiger partial charge in [-0.3, -0.25) is 0 Å². The fourth-order valence-electron chi connectivity index (χ4n) is 1.61. The summed E-state index contributed by atoms with van der Waals surface area (Å²) >= 11 is 0. The van der Waals surface area contributed by atoms with E-state index >= 15 is 0 Å². The Morgan fingerprint density at radius 1 is 1.17 bits per heavy atom. The number of methoxy groups -OCH3 is 1. The first kappa shape index (κ1) is 12.2. The van der Waals surface area contributed by atoms with Gasteiger partial charge in [-0.25, -0.2) is 4.39 Å². The van der Waals surface area contributed by atoms with E-state index in [1.165, 1.54) is 19.2 Å². The Bertz CT molecular complexity index is 526. The molecule has 0 fully saturated rings. The van der Waals surface area contributed by atoms with E-state index in [-0.39, 0.29) is 11.6 Å². The Hall–Kier alpha value is -2.23. The molecule has 0 aliphatic heterocycles. The van der Waals surface area contributed by atoms with Crippen molar-refractivity contribution in [3.8, 4) is 11.5 Å². The summed E-state index contributed by atoms with van der Waals surface area (Å²) in [6.45, 7) is 0.562. The summed E-state index contributed by atoms with van der Waals surface area (Å²) in [5.41, 5.74) is 1.74. The van der Waals surface area contributed by atoms with Crippen LogP contribution < -0.4 is 10.1 Å². The lowest BCUT2D eigenvalue weighted by Gasteiger charge is -2.09. The lowest BCUT2D eigenvalue weighted by Crippen LogP contribution is -1.99. The third-order valence-corrected chi connectivity index (χ3v) is 2.59. The molecule has 0 aliphatic rings. The summed E-state index contributed by atoms with van der Waals surface area (Å²) in [6.07, 6.45) is 0. The second-order valence-corrected chi connectivity index (χ2v) is 3.87. The second-order valence-electron chi connectivity index (χ2n) is 3.87. The lowest BCUT2D eigenvalue weighted by molar-refractivity contribution is 0.373. The van der Waals surface area contributed by atoms with Gasteiger partial charge in [0.15, 0.2) is 11.5 Å². The Balaban J connectivity index is 2.02. The molecule has 0 amide bonds. The van der Waals surface area contributed by atoms with Gasteiger partial charge in [0, 0.05) is 18.3 Å². The summed E-state index contributed by atoms with van der Waals surface area (Å²) in [7, 11) is 1.50. The number of hydrogen-bond donors (Lipinski definition) is 2. The zero-order chi connectivity index (χ0) is 13.0. The highest BCUT2D eigenvalue weighted by Gasteiger charge is 2.02. The van der Waals surface area contributed by atoms with Crippen molar-refractivity contribution >= 4 is 5.69 Å². The maximum absolute atomic E-state index is 12.7. The Morgan fingerprint density at radius 3 is 2.50 bits per heavy atom. The van der Waals surface area contributed by atoms with Gasteiger partial charge in [0.1, 0.15) is 5.82 Å². The number of anilines is 1. The summed E-state index contributed by atoms with van der Waals surface area (Å²) < 4.78 is 17.7. The number of aromatic hydroxyl groups is 1. The highest BCUT2D eigenvalue weighted by molar-refractivity contribution is 5.54. The molecule has 0 spiro atoms. The average molecular weight is 247 g/mol. The van der Waals surface area contributed by atoms with Gasteiger partial charge in [-0.05, 0) is 29.8 Å². The van der Waals surface area contributed by atoms with E-state index in [1.807, 2.05) is 6.07 Å². The van der Waals surface area contributed by atoms with E-state index < -0.39 is 0 Å². The van der Waals surface area contributed by atoms with Crippen LogP contribution >= 0.6 is 0 Å². The largest absolute Gasteiger partial charge is 0.504 e. The van der Waals surface area contributed by atoms with Crippen LogP contribution in [0.2, 0.25) is 0 Å². The van der Waals surface area contributed by atoms with Crippen LogP contribution in [0.3, 0.4) is 0 Å². The molecule has 0 saturated carbocycles. The molecule has 94 valence electrons. The number of rotatable bonds is 4. The molecule has 0 heterocycles. The SMILES string of the molecule is COc1ccc(NCc2ccc(F)cc2)cc1O. The number of benzene rings is 2. The third kappa shape index (κ3) is 2.91. The van der Waals surface area contributed by atoms with Gasteiger partial charge in [0.05, 0.1) is 7.11 Å². The molecule has 2 aromatic rings. The molecule has 0 aromatic heterocycles. The minimum Gasteiger partial charge on any atom is -0.504 e. The predicted octanol–water partition coefficient (Wildman–Crippen LogP) is 3.15. The normalized spacial score (nSPS) is 10.1. The average Bonchev–Trinajstić information content (AvgIpc) is 2.38. The van der Waals surface area contributed by atoms with Gasteiger partial charge < -0.3 is 15.2 Å². The molecular weight excluding hydrogens is 233 g/mol. The van der Waals surface area contributed by atoms with E-state index in [0.29, 0.717) is 12.3 Å². The standard InChI is InChI=1S/C14H14FNO2/c1-18-14-7-6-12(8-13(14)17)16-9-10-2-4-11(15)5-3-10/h2-8,16-17H,9H2,1H3. The fraction of sp³-hybridized carbons (Fsp3) is 0.143. The van der Waals surface area contributed by atoms with Crippen molar-refractivity contribution in [3.05, 3.63) is 53.8 Å². The number of phenolic OH excluding ortho intramolecular Hbond substituents is 1. The van der Waals surface area contributed by atoms with Crippen LogP contribution in [-0.2, 0) is 6.54 Å². The molecule has 0 radical (unpaired) electrons. The van der Waals surface area contributed by atoms with Crippen LogP contribution in [-0.4, -0.2) is 12.2 Å². The van der Waals surface area contributed by atoms with E-state index in [1.54, 1.807) is 24.3 Å². The molecule has 2 N–H and O–H groups in total. The zero-order valence-corrected chi connectivity index (χ0v) is 9.98. The van der Waals surface area contributed by atoms with Crippen LogP contribution in [0.25, 0.3) is 0 Å². The molecule has 0 bridgehead atoms. The first-order valence-electron chi connectivity index (χ1n) is 5.54. The molecule has 0 saturated heterocycles. The van der Waals surface area contributed by atoms with Crippen molar-refractivity contribution < 1.29 is 14.2 Å². The van der Waals surface area contributed by atoms with Crippen molar-refractivity contribution in [3.63, 3.8) is 0 Å². The van der Waals surface area contributed by atoms with Crippen molar-refractivity contribution in [1.82, 2.24) is 0 Å². The third-order valence-electron chi connectivity index (χ3n) is 2.59. The molecule has 0 unspecified atom stereocenters. The first-order valence-corrected chi connectivity index (χ1v) is 5.54. The molecular formula is C14H14FNO2. The molecule has 0 aliphatic carbocycles. The molecule has 2 aromatic carbocycles. The van der Waals surface area contributed by atoms with Gasteiger partial charge in [0.2, 0.25) is 0 Å². The summed E-state index contributed by atoms with van der Waals surface area (Å²) in [5, 5.41) is 12.7. The highest BCUT2D eigenvalue weighted by Crippen LogP contribution is 2.28. The van der Waals surface area contributed by atoms with E-state index in [2.05, 4.69) is 5.32 Å². The summed E-state index contributed by atoms with van der Waals surface area (Å²) in [5.74, 6) is 0.268. The highest BCUT2D eigenvalue weighted by atomic mass is 19.1. The molecule has 0 atom stereocenters. The number of ether oxygens (including phenoxy) is 1. The topological polar surface area (TPSA) is 41.5 Å². The van der Waals surface area contributed by atoms with Crippen LogP contribution in [0.1, 0.15) is 5.56 Å². The number of phenols is 1. The smallest absolute Gasteiger partial charge is 0.160 e. The summed E-state index contributed by atoms with van der Waals surface area (Å²) in [4.78, 5) is 0. The monoisotopic (exact) mass is 247 g/mol. The Kier molecular flexibility index (Phi) is 3.67. The van der Waals surface area contributed by atoms with Gasteiger partial charge in [-0.15, -0.1) is 0 Å². The zero-order valence-electron chi connectivity index (χ0n) is 9.98. The van der Waals surface area contributed by atoms with Gasteiger partial charge in [-0.1, -0.05) is 12.1 Å². The van der Waals surface area contributed by atoms with Crippen molar-refractivity contribution in [2.45, 2.75) is 6.54 Å². The van der Waals surface area contributed by atoms with Crippen molar-refractivity contribution in [2.24, 2.45) is 0 Å². The van der Waals surface area contributed by atoms with Crippen molar-refractivity contribution in [1.29, 1.82) is 0 Å². The number of hydrogen-bond acceptors (Lipinski definition) is 3. The maximum atomic E-state index is 12.7. The second kappa shape index (κ2) is 5.40. The van der Waals surface area contributed by atoms with Gasteiger partial charge in [0.25, 0.3) is 0 Å². The number of halogens is 1. The minimum atomic E-state index is -0.249. The first-order chi connectivity index (χ1) is 8.69. The Morgan fingerprint density at radius 2 is 1.89 bits per heavy atom. The maximum Gasteiger partial charge on any atom is 0.160 e. The van der Waals surface area contributed by atoms with E-state index in [4.69, 9.17) is 4.74 Å². The molecule has 3 nitrogen and oxygen atoms in total. The van der Waals surface area contributed by atoms with Crippen LogP contribution in [0.5, 0.6) is 11.5 Å². The van der Waals surface area contributed by atoms with E-state index in [0.717, 1.165) is 11.3 Å². The lowest BCUT2D eigenvalue weighted by atomic mass is 10.2. The van der Waals surface area contributed by atoms with E-state index in [9.17, 15) is 9.50 Å². The quantitative estimate of drug-likeness (QED) is 0.872. The van der Waals surface area contributed by atoms with Crippen LogP contribution in [0, 0.1) is 5.82 Å². The minimum absolute atomic E-state index is 0.0848. The molecule has 4 heteroatoms. The van der Waals surface area contributed by atoms with Crippen LogP contribution in [0.15, 0.2) is 42.5 Å². The number of nitrogens with one attached hydrogen (secondary N) is 1. The Labute approximate surface area is 105 Å².